The third-order valence-corrected chi connectivity index (χ3v) is 2.91. The molecule has 0 heterocycles. The van der Waals surface area contributed by atoms with Crippen molar-refractivity contribution in [3.8, 4) is 0 Å². The van der Waals surface area contributed by atoms with Crippen molar-refractivity contribution in [3.05, 3.63) is 0 Å². The Hall–Kier alpha value is 0.310. The molecule has 0 aliphatic heterocycles. The summed E-state index contributed by atoms with van der Waals surface area (Å²) in [6.07, 6.45) is 4.06. The van der Waals surface area contributed by atoms with Crippen LogP contribution in [-0.2, 0) is 0 Å². The molecule has 0 aromatic heterocycles. The van der Waals surface area contributed by atoms with Crippen molar-refractivity contribution in [2.45, 2.75) is 33.1 Å². The van der Waals surface area contributed by atoms with Gasteiger partial charge in [-0.3, -0.25) is 0 Å². The maximum atomic E-state index is 3.17. The number of nitrogens with one attached hydrogen (secondary N) is 1. The van der Waals surface area contributed by atoms with E-state index in [4.69, 9.17) is 0 Å². The average molecular weight is 189 g/mol. The highest BCUT2D eigenvalue weighted by atomic mass is 32.2. The molecular formula is C10H23NS. The summed E-state index contributed by atoms with van der Waals surface area (Å²) in [6.45, 7) is 5.76. The Kier molecular flexibility index (Phi) is 9.64. The van der Waals surface area contributed by atoms with Crippen molar-refractivity contribution in [3.63, 3.8) is 0 Å². The molecule has 74 valence electrons. The zero-order valence-corrected chi connectivity index (χ0v) is 9.54. The Morgan fingerprint density at radius 1 is 1.17 bits per heavy atom. The van der Waals surface area contributed by atoms with E-state index >= 15 is 0 Å². The highest BCUT2D eigenvalue weighted by Crippen LogP contribution is 2.10. The fourth-order valence-corrected chi connectivity index (χ4v) is 2.18. The number of hydrogen-bond donors (Lipinski definition) is 1. The number of unbranched alkanes of at least 4 members (excludes halogenated alkanes) is 1. The molecule has 0 radical (unpaired) electrons. The quantitative estimate of drug-likeness (QED) is 0.589. The molecule has 0 spiro atoms. The fraction of sp³-hybridized carbons (Fsp3) is 1.00. The van der Waals surface area contributed by atoms with Gasteiger partial charge < -0.3 is 5.32 Å². The minimum Gasteiger partial charge on any atom is -0.320 e. The number of thioether (sulfide) groups is 1. The first kappa shape index (κ1) is 12.3. The van der Waals surface area contributed by atoms with Gasteiger partial charge in [-0.15, -0.1) is 0 Å². The van der Waals surface area contributed by atoms with E-state index in [1.54, 1.807) is 0 Å². The minimum atomic E-state index is 0.870. The van der Waals surface area contributed by atoms with Crippen LogP contribution in [0.4, 0.5) is 0 Å². The van der Waals surface area contributed by atoms with Crippen molar-refractivity contribution in [2.75, 3.05) is 25.1 Å². The Balaban J connectivity index is 2.82. The molecule has 1 N–H and O–H groups in total. The van der Waals surface area contributed by atoms with Gasteiger partial charge in [-0.1, -0.05) is 13.8 Å². The first-order valence-electron chi connectivity index (χ1n) is 4.99. The maximum Gasteiger partial charge on any atom is -0.00516 e. The van der Waals surface area contributed by atoms with Crippen LogP contribution in [0.3, 0.4) is 0 Å². The second-order valence-electron chi connectivity index (χ2n) is 3.61. The third-order valence-electron chi connectivity index (χ3n) is 1.80. The minimum absolute atomic E-state index is 0.870. The van der Waals surface area contributed by atoms with Gasteiger partial charge in [-0.25, -0.2) is 0 Å². The lowest BCUT2D eigenvalue weighted by molar-refractivity contribution is 0.631. The molecule has 0 saturated heterocycles. The van der Waals surface area contributed by atoms with Gasteiger partial charge in [-0.2, -0.15) is 11.8 Å². The molecule has 0 unspecified atom stereocenters. The van der Waals surface area contributed by atoms with Crippen LogP contribution in [0.25, 0.3) is 0 Å². The highest BCUT2D eigenvalue weighted by molar-refractivity contribution is 7.99. The topological polar surface area (TPSA) is 12.0 Å². The summed E-state index contributed by atoms with van der Waals surface area (Å²) in [6, 6.07) is 0. The zero-order chi connectivity index (χ0) is 9.23. The lowest BCUT2D eigenvalue weighted by atomic mass is 10.2. The maximum absolute atomic E-state index is 3.17. The lowest BCUT2D eigenvalue weighted by Crippen LogP contribution is -2.07. The van der Waals surface area contributed by atoms with E-state index in [-0.39, 0.29) is 0 Å². The fourth-order valence-electron chi connectivity index (χ4n) is 0.927. The van der Waals surface area contributed by atoms with Crippen molar-refractivity contribution in [1.82, 2.24) is 5.32 Å². The predicted octanol–water partition coefficient (Wildman–Crippen LogP) is 2.77. The van der Waals surface area contributed by atoms with Crippen molar-refractivity contribution in [1.29, 1.82) is 0 Å². The van der Waals surface area contributed by atoms with Crippen molar-refractivity contribution >= 4 is 11.8 Å². The lowest BCUT2D eigenvalue weighted by Gasteiger charge is -2.03. The van der Waals surface area contributed by atoms with Gasteiger partial charge >= 0.3 is 0 Å². The Bertz CT molecular complexity index is 83.9. The SMILES string of the molecule is CNCCCCSCCC(C)C. The Morgan fingerprint density at radius 3 is 2.50 bits per heavy atom. The molecular weight excluding hydrogens is 166 g/mol. The first-order valence-corrected chi connectivity index (χ1v) is 6.15. The monoisotopic (exact) mass is 189 g/mol. The summed E-state index contributed by atoms with van der Waals surface area (Å²) in [5.74, 6) is 3.56. The molecule has 12 heavy (non-hydrogen) atoms. The van der Waals surface area contributed by atoms with Crippen LogP contribution in [0.1, 0.15) is 33.1 Å². The molecule has 0 aromatic rings. The second kappa shape index (κ2) is 9.40. The summed E-state index contributed by atoms with van der Waals surface area (Å²) in [5.41, 5.74) is 0. The third kappa shape index (κ3) is 10.3. The summed E-state index contributed by atoms with van der Waals surface area (Å²) < 4.78 is 0. The number of hydrogen-bond acceptors (Lipinski definition) is 2. The Morgan fingerprint density at radius 2 is 1.92 bits per heavy atom. The van der Waals surface area contributed by atoms with E-state index in [2.05, 4.69) is 30.9 Å². The van der Waals surface area contributed by atoms with Gasteiger partial charge in [-0.05, 0) is 50.3 Å². The van der Waals surface area contributed by atoms with Crippen LogP contribution in [0, 0.1) is 5.92 Å². The van der Waals surface area contributed by atoms with Gasteiger partial charge in [0.2, 0.25) is 0 Å². The van der Waals surface area contributed by atoms with Crippen LogP contribution in [0.15, 0.2) is 0 Å². The average Bonchev–Trinajstić information content (AvgIpc) is 2.02. The second-order valence-corrected chi connectivity index (χ2v) is 4.83. The summed E-state index contributed by atoms with van der Waals surface area (Å²) in [4.78, 5) is 0. The molecule has 0 atom stereocenters. The van der Waals surface area contributed by atoms with Crippen LogP contribution in [0.2, 0.25) is 0 Å². The molecule has 0 bridgehead atoms. The molecule has 0 fully saturated rings. The van der Waals surface area contributed by atoms with Gasteiger partial charge in [0, 0.05) is 0 Å². The smallest absolute Gasteiger partial charge is 0.00516 e. The summed E-state index contributed by atoms with van der Waals surface area (Å²) in [7, 11) is 2.02. The van der Waals surface area contributed by atoms with Crippen LogP contribution >= 0.6 is 11.8 Å². The van der Waals surface area contributed by atoms with E-state index < -0.39 is 0 Å². The molecule has 1 nitrogen and oxygen atoms in total. The van der Waals surface area contributed by atoms with Gasteiger partial charge in [0.05, 0.1) is 0 Å². The molecule has 0 aromatic carbocycles. The van der Waals surface area contributed by atoms with Crippen molar-refractivity contribution in [2.24, 2.45) is 5.92 Å². The van der Waals surface area contributed by atoms with E-state index in [9.17, 15) is 0 Å². The highest BCUT2D eigenvalue weighted by Gasteiger charge is 1.93. The van der Waals surface area contributed by atoms with E-state index in [0.29, 0.717) is 0 Å². The molecule has 0 rings (SSSR count). The molecule has 0 saturated carbocycles. The molecule has 2 heteroatoms. The largest absolute Gasteiger partial charge is 0.320 e. The van der Waals surface area contributed by atoms with Crippen LogP contribution < -0.4 is 5.32 Å². The standard InChI is InChI=1S/C10H23NS/c1-10(2)6-9-12-8-5-4-7-11-3/h10-11H,4-9H2,1-3H3. The van der Waals surface area contributed by atoms with E-state index in [0.717, 1.165) is 5.92 Å². The zero-order valence-electron chi connectivity index (χ0n) is 8.73. The van der Waals surface area contributed by atoms with E-state index in [1.165, 1.54) is 37.3 Å². The summed E-state index contributed by atoms with van der Waals surface area (Å²) >= 11 is 2.10. The van der Waals surface area contributed by atoms with Crippen LogP contribution in [0.5, 0.6) is 0 Å². The Labute approximate surface area is 81.7 Å². The molecule has 0 aliphatic rings. The molecule has 0 aliphatic carbocycles. The van der Waals surface area contributed by atoms with Crippen LogP contribution in [-0.4, -0.2) is 25.1 Å². The van der Waals surface area contributed by atoms with Gasteiger partial charge in [0.15, 0.2) is 0 Å². The predicted molar refractivity (Wildman–Crippen MR) is 59.9 cm³/mol. The molecule has 0 amide bonds. The first-order chi connectivity index (χ1) is 5.77. The van der Waals surface area contributed by atoms with Crippen molar-refractivity contribution < 1.29 is 0 Å². The number of rotatable bonds is 8. The van der Waals surface area contributed by atoms with Gasteiger partial charge in [0.25, 0.3) is 0 Å². The summed E-state index contributed by atoms with van der Waals surface area (Å²) in [5, 5.41) is 3.17. The van der Waals surface area contributed by atoms with E-state index in [1.807, 2.05) is 7.05 Å². The van der Waals surface area contributed by atoms with Gasteiger partial charge in [0.1, 0.15) is 0 Å². The normalized spacial score (nSPS) is 11.0.